The van der Waals surface area contributed by atoms with Gasteiger partial charge in [-0.3, -0.25) is 0 Å². The average molecular weight is 262 g/mol. The van der Waals surface area contributed by atoms with Crippen LogP contribution in [-0.4, -0.2) is 18.2 Å². The monoisotopic (exact) mass is 262 g/mol. The molecule has 0 aliphatic rings. The lowest BCUT2D eigenvalue weighted by Gasteiger charge is -2.10. The molecule has 2 N–H and O–H groups in total. The molecule has 18 heavy (non-hydrogen) atoms. The van der Waals surface area contributed by atoms with E-state index in [4.69, 9.17) is 0 Å². The quantitative estimate of drug-likeness (QED) is 0.762. The molecule has 1 aromatic rings. The lowest BCUT2D eigenvalue weighted by Crippen LogP contribution is -2.36. The summed E-state index contributed by atoms with van der Waals surface area (Å²) in [6.45, 7) is 1.69. The number of anilines is 1. The van der Waals surface area contributed by atoms with Crippen molar-refractivity contribution < 1.29 is 27.6 Å². The molecule has 0 saturated carbocycles. The van der Waals surface area contributed by atoms with Crippen LogP contribution >= 0.6 is 0 Å². The second-order valence-corrected chi connectivity index (χ2v) is 3.26. The molecule has 1 rings (SSSR count). The van der Waals surface area contributed by atoms with Gasteiger partial charge in [-0.1, -0.05) is 18.2 Å². The molecule has 8 heteroatoms. The van der Waals surface area contributed by atoms with Crippen LogP contribution in [0.5, 0.6) is 0 Å². The second-order valence-electron chi connectivity index (χ2n) is 3.26. The number of hydroxylamine groups is 1. The zero-order valence-electron chi connectivity index (χ0n) is 9.17. The van der Waals surface area contributed by atoms with E-state index in [9.17, 15) is 22.8 Å². The summed E-state index contributed by atoms with van der Waals surface area (Å²) in [6.07, 6.45) is -5.16. The fourth-order valence-electron chi connectivity index (χ4n) is 1.01. The zero-order chi connectivity index (χ0) is 13.8. The van der Waals surface area contributed by atoms with E-state index in [-0.39, 0.29) is 0 Å². The molecule has 1 aromatic carbocycles. The summed E-state index contributed by atoms with van der Waals surface area (Å²) in [7, 11) is 0. The number of rotatable bonds is 1. The van der Waals surface area contributed by atoms with E-state index < -0.39 is 18.2 Å². The number of nitrogens with one attached hydrogen (secondary N) is 2. The third-order valence-corrected chi connectivity index (χ3v) is 1.86. The highest BCUT2D eigenvalue weighted by Gasteiger charge is 2.41. The van der Waals surface area contributed by atoms with Crippen molar-refractivity contribution in [2.24, 2.45) is 0 Å². The summed E-state index contributed by atoms with van der Waals surface area (Å²) in [5, 5.41) is 2.22. The molecule has 0 bridgehead atoms. The number of hydrogen-bond donors (Lipinski definition) is 2. The first-order valence-corrected chi connectivity index (χ1v) is 4.71. The number of hydrogen-bond acceptors (Lipinski definition) is 3. The topological polar surface area (TPSA) is 67.4 Å². The van der Waals surface area contributed by atoms with Gasteiger partial charge in [-0.05, 0) is 18.6 Å². The minimum atomic E-state index is -5.16. The SMILES string of the molecule is Cc1ccccc1NC(=O)NOC(=O)C(F)(F)F. The summed E-state index contributed by atoms with van der Waals surface area (Å²) in [5.41, 5.74) is 2.44. The molecule has 0 aromatic heterocycles. The van der Waals surface area contributed by atoms with Crippen LogP contribution in [0.3, 0.4) is 0 Å². The molecule has 0 fully saturated rings. The van der Waals surface area contributed by atoms with Crippen LogP contribution < -0.4 is 10.8 Å². The Hall–Kier alpha value is -2.25. The fraction of sp³-hybridized carbons (Fsp3) is 0.200. The van der Waals surface area contributed by atoms with Crippen molar-refractivity contribution in [2.75, 3.05) is 5.32 Å². The normalized spacial score (nSPS) is 10.7. The first-order valence-electron chi connectivity index (χ1n) is 4.71. The number of amides is 2. The van der Waals surface area contributed by atoms with Crippen molar-refractivity contribution in [3.8, 4) is 0 Å². The van der Waals surface area contributed by atoms with Crippen molar-refractivity contribution in [1.29, 1.82) is 0 Å². The largest absolute Gasteiger partial charge is 0.493 e. The van der Waals surface area contributed by atoms with Crippen LogP contribution in [0.1, 0.15) is 5.56 Å². The van der Waals surface area contributed by atoms with E-state index in [0.717, 1.165) is 0 Å². The van der Waals surface area contributed by atoms with Gasteiger partial charge in [-0.25, -0.2) is 9.59 Å². The maximum absolute atomic E-state index is 11.7. The molecule has 0 unspecified atom stereocenters. The Morgan fingerprint density at radius 2 is 1.83 bits per heavy atom. The first kappa shape index (κ1) is 13.8. The van der Waals surface area contributed by atoms with Crippen molar-refractivity contribution >= 4 is 17.7 Å². The Balaban J connectivity index is 2.49. The maximum atomic E-state index is 11.7. The average Bonchev–Trinajstić information content (AvgIpc) is 2.27. The Bertz CT molecular complexity index is 460. The van der Waals surface area contributed by atoms with Gasteiger partial charge in [0.25, 0.3) is 0 Å². The molecule has 0 saturated heterocycles. The van der Waals surface area contributed by atoms with E-state index >= 15 is 0 Å². The smallest absolute Gasteiger partial charge is 0.331 e. The van der Waals surface area contributed by atoms with Crippen molar-refractivity contribution in [3.63, 3.8) is 0 Å². The molecule has 0 spiro atoms. The molecule has 0 aliphatic heterocycles. The molecule has 0 aliphatic carbocycles. The van der Waals surface area contributed by atoms with E-state index in [1.165, 1.54) is 5.48 Å². The number of benzene rings is 1. The van der Waals surface area contributed by atoms with E-state index in [0.29, 0.717) is 11.3 Å². The molecule has 0 radical (unpaired) electrons. The lowest BCUT2D eigenvalue weighted by atomic mass is 10.2. The Kier molecular flexibility index (Phi) is 4.13. The summed E-state index contributed by atoms with van der Waals surface area (Å²) in [5.74, 6) is -2.50. The van der Waals surface area contributed by atoms with Crippen molar-refractivity contribution in [2.45, 2.75) is 13.1 Å². The van der Waals surface area contributed by atoms with E-state index in [2.05, 4.69) is 10.2 Å². The predicted octanol–water partition coefficient (Wildman–Crippen LogP) is 2.14. The highest BCUT2D eigenvalue weighted by atomic mass is 19.4. The summed E-state index contributed by atoms with van der Waals surface area (Å²) in [4.78, 5) is 25.0. The van der Waals surface area contributed by atoms with Crippen molar-refractivity contribution in [3.05, 3.63) is 29.8 Å². The van der Waals surface area contributed by atoms with Crippen LogP contribution in [0, 0.1) is 6.92 Å². The summed E-state index contributed by atoms with van der Waals surface area (Å²) < 4.78 is 35.2. The van der Waals surface area contributed by atoms with Gasteiger partial charge in [0.1, 0.15) is 0 Å². The summed E-state index contributed by atoms with van der Waals surface area (Å²) >= 11 is 0. The molecule has 5 nitrogen and oxygen atoms in total. The Labute approximate surface area is 99.9 Å². The number of para-hydroxylation sites is 1. The Morgan fingerprint density at radius 3 is 2.39 bits per heavy atom. The third-order valence-electron chi connectivity index (χ3n) is 1.86. The Morgan fingerprint density at radius 1 is 1.22 bits per heavy atom. The van der Waals surface area contributed by atoms with Crippen LogP contribution in [0.15, 0.2) is 24.3 Å². The predicted molar refractivity (Wildman–Crippen MR) is 55.5 cm³/mol. The fourth-order valence-corrected chi connectivity index (χ4v) is 1.01. The van der Waals surface area contributed by atoms with Gasteiger partial charge >= 0.3 is 18.2 Å². The molecule has 0 atom stereocenters. The molecular weight excluding hydrogens is 253 g/mol. The van der Waals surface area contributed by atoms with Gasteiger partial charge in [-0.15, -0.1) is 0 Å². The zero-order valence-corrected chi connectivity index (χ0v) is 9.17. The van der Waals surface area contributed by atoms with Gasteiger partial charge in [-0.2, -0.15) is 18.7 Å². The second kappa shape index (κ2) is 5.39. The molecular formula is C10H9F3N2O3. The van der Waals surface area contributed by atoms with Gasteiger partial charge in [0.05, 0.1) is 0 Å². The third kappa shape index (κ3) is 3.96. The van der Waals surface area contributed by atoms with Gasteiger partial charge < -0.3 is 10.2 Å². The number of alkyl halides is 3. The minimum Gasteiger partial charge on any atom is -0.331 e. The molecule has 2 amide bonds. The highest BCUT2D eigenvalue weighted by molar-refractivity contribution is 5.90. The van der Waals surface area contributed by atoms with Gasteiger partial charge in [0.15, 0.2) is 0 Å². The van der Waals surface area contributed by atoms with Crippen LogP contribution in [-0.2, 0) is 9.63 Å². The van der Waals surface area contributed by atoms with Crippen LogP contribution in [0.4, 0.5) is 23.7 Å². The van der Waals surface area contributed by atoms with Crippen LogP contribution in [0.25, 0.3) is 0 Å². The van der Waals surface area contributed by atoms with Gasteiger partial charge in [0, 0.05) is 5.69 Å². The number of carbonyl (C=O) groups excluding carboxylic acids is 2. The number of aryl methyl sites for hydroxylation is 1. The number of halogens is 3. The van der Waals surface area contributed by atoms with E-state index in [1.807, 2.05) is 0 Å². The molecule has 0 heterocycles. The van der Waals surface area contributed by atoms with Gasteiger partial charge in [0.2, 0.25) is 0 Å². The van der Waals surface area contributed by atoms with E-state index in [1.54, 1.807) is 31.2 Å². The highest BCUT2D eigenvalue weighted by Crippen LogP contribution is 2.16. The maximum Gasteiger partial charge on any atom is 0.493 e. The number of carbonyl (C=O) groups is 2. The van der Waals surface area contributed by atoms with Crippen LogP contribution in [0.2, 0.25) is 0 Å². The molecule has 98 valence electrons. The number of urea groups is 1. The summed E-state index contributed by atoms with van der Waals surface area (Å²) in [6, 6.07) is 5.51. The first-order chi connectivity index (χ1) is 8.30. The minimum absolute atomic E-state index is 0.387. The standard InChI is InChI=1S/C10H9F3N2O3/c1-6-4-2-3-5-7(6)14-9(17)15-18-8(16)10(11,12)13/h2-5H,1H3,(H2,14,15,17). The lowest BCUT2D eigenvalue weighted by molar-refractivity contribution is -0.204. The van der Waals surface area contributed by atoms with Crippen molar-refractivity contribution in [1.82, 2.24) is 5.48 Å².